The van der Waals surface area contributed by atoms with Gasteiger partial charge >= 0.3 is 0 Å². The molecule has 0 atom stereocenters. The molecule has 28 heavy (non-hydrogen) atoms. The largest absolute Gasteiger partial charge is 0.411 e. The molecule has 0 bridgehead atoms. The van der Waals surface area contributed by atoms with E-state index < -0.39 is 0 Å². The van der Waals surface area contributed by atoms with Crippen LogP contribution in [0.15, 0.2) is 64.4 Å². The molecule has 0 radical (unpaired) electrons. The molecule has 4 aromatic rings. The standard InChI is InChI=1S/C20H17ClN4O2S/c1-25(11-13-5-4-6-14(21)9-13)18(26)12-28-20-24-23-19(27-20)16-10-22-17-8-3-2-7-15(16)17/h2-10,22H,11-12H2,1H3. The molecule has 2 aromatic heterocycles. The number of hydrogen-bond acceptors (Lipinski definition) is 5. The summed E-state index contributed by atoms with van der Waals surface area (Å²) in [7, 11) is 1.76. The van der Waals surface area contributed by atoms with Gasteiger partial charge in [0.05, 0.1) is 11.3 Å². The second-order valence-electron chi connectivity index (χ2n) is 6.29. The summed E-state index contributed by atoms with van der Waals surface area (Å²) >= 11 is 7.22. The summed E-state index contributed by atoms with van der Waals surface area (Å²) in [6, 6.07) is 15.4. The van der Waals surface area contributed by atoms with Crippen molar-refractivity contribution in [3.63, 3.8) is 0 Å². The molecule has 0 spiro atoms. The number of nitrogens with one attached hydrogen (secondary N) is 1. The third-order valence-corrected chi connectivity index (χ3v) is 5.32. The smallest absolute Gasteiger partial charge is 0.277 e. The highest BCUT2D eigenvalue weighted by Gasteiger charge is 2.16. The quantitative estimate of drug-likeness (QED) is 0.467. The van der Waals surface area contributed by atoms with E-state index in [1.165, 1.54) is 11.8 Å². The highest BCUT2D eigenvalue weighted by Crippen LogP contribution is 2.29. The number of aromatic amines is 1. The van der Waals surface area contributed by atoms with E-state index >= 15 is 0 Å². The van der Waals surface area contributed by atoms with Gasteiger partial charge in [0.1, 0.15) is 0 Å². The molecule has 0 aliphatic carbocycles. The van der Waals surface area contributed by atoms with Crippen molar-refractivity contribution < 1.29 is 9.21 Å². The molecular formula is C20H17ClN4O2S. The number of aromatic nitrogens is 3. The fourth-order valence-electron chi connectivity index (χ4n) is 2.86. The number of halogens is 1. The first-order chi connectivity index (χ1) is 13.6. The number of hydrogen-bond donors (Lipinski definition) is 1. The number of nitrogens with zero attached hydrogens (tertiary/aromatic N) is 3. The predicted octanol–water partition coefficient (Wildman–Crippen LogP) is 4.62. The number of carbonyl (C=O) groups excluding carboxylic acids is 1. The molecule has 2 aromatic carbocycles. The number of carbonyl (C=O) groups is 1. The minimum atomic E-state index is -0.0307. The van der Waals surface area contributed by atoms with E-state index in [1.54, 1.807) is 11.9 Å². The molecule has 2 heterocycles. The molecule has 142 valence electrons. The highest BCUT2D eigenvalue weighted by atomic mass is 35.5. The lowest BCUT2D eigenvalue weighted by Gasteiger charge is -2.16. The number of para-hydroxylation sites is 1. The van der Waals surface area contributed by atoms with Crippen molar-refractivity contribution in [2.24, 2.45) is 0 Å². The third kappa shape index (κ3) is 4.05. The number of amides is 1. The van der Waals surface area contributed by atoms with E-state index in [-0.39, 0.29) is 11.7 Å². The van der Waals surface area contributed by atoms with Gasteiger partial charge in [0.25, 0.3) is 11.1 Å². The molecule has 6 nitrogen and oxygen atoms in total. The molecule has 8 heteroatoms. The molecule has 0 aliphatic heterocycles. The second kappa shape index (κ2) is 8.08. The van der Waals surface area contributed by atoms with E-state index in [1.807, 2.05) is 54.7 Å². The normalized spacial score (nSPS) is 11.1. The van der Waals surface area contributed by atoms with E-state index in [0.717, 1.165) is 22.0 Å². The molecule has 0 fully saturated rings. The van der Waals surface area contributed by atoms with Crippen LogP contribution in [-0.4, -0.2) is 38.8 Å². The molecule has 0 aliphatic rings. The molecular weight excluding hydrogens is 396 g/mol. The van der Waals surface area contributed by atoms with Crippen LogP contribution in [0.2, 0.25) is 5.02 Å². The molecule has 1 N–H and O–H groups in total. The average molecular weight is 413 g/mol. The summed E-state index contributed by atoms with van der Waals surface area (Å²) in [5, 5.41) is 10.2. The van der Waals surface area contributed by atoms with E-state index in [4.69, 9.17) is 16.0 Å². The zero-order valence-corrected chi connectivity index (χ0v) is 16.6. The van der Waals surface area contributed by atoms with E-state index in [9.17, 15) is 4.79 Å². The first-order valence-corrected chi connectivity index (χ1v) is 9.98. The molecule has 4 rings (SSSR count). The Kier molecular flexibility index (Phi) is 5.36. The third-order valence-electron chi connectivity index (χ3n) is 4.28. The minimum absolute atomic E-state index is 0.0307. The van der Waals surface area contributed by atoms with Crippen LogP contribution in [0.4, 0.5) is 0 Å². The van der Waals surface area contributed by atoms with Gasteiger partial charge in [-0.2, -0.15) is 0 Å². The van der Waals surface area contributed by atoms with Gasteiger partial charge in [0.15, 0.2) is 0 Å². The summed E-state index contributed by atoms with van der Waals surface area (Å²) in [6.45, 7) is 0.490. The zero-order chi connectivity index (χ0) is 19.5. The number of fused-ring (bicyclic) bond motifs is 1. The van der Waals surface area contributed by atoms with Crippen molar-refractivity contribution in [3.8, 4) is 11.5 Å². The lowest BCUT2D eigenvalue weighted by molar-refractivity contribution is -0.127. The predicted molar refractivity (Wildman–Crippen MR) is 110 cm³/mol. The SMILES string of the molecule is CN(Cc1cccc(Cl)c1)C(=O)CSc1nnc(-c2c[nH]c3ccccc23)o1. The Bertz CT molecular complexity index is 1120. The van der Waals surface area contributed by atoms with Crippen molar-refractivity contribution in [2.45, 2.75) is 11.8 Å². The maximum atomic E-state index is 12.4. The van der Waals surface area contributed by atoms with Crippen molar-refractivity contribution in [1.82, 2.24) is 20.1 Å². The highest BCUT2D eigenvalue weighted by molar-refractivity contribution is 7.99. The van der Waals surface area contributed by atoms with Crippen LogP contribution >= 0.6 is 23.4 Å². The summed E-state index contributed by atoms with van der Waals surface area (Å²) in [5.74, 6) is 0.614. The number of benzene rings is 2. The Morgan fingerprint density at radius 3 is 2.93 bits per heavy atom. The first-order valence-electron chi connectivity index (χ1n) is 8.61. The molecule has 0 saturated heterocycles. The van der Waals surface area contributed by atoms with Crippen molar-refractivity contribution in [2.75, 3.05) is 12.8 Å². The number of H-pyrrole nitrogens is 1. The fraction of sp³-hybridized carbons (Fsp3) is 0.150. The Balaban J connectivity index is 1.38. The van der Waals surface area contributed by atoms with Crippen LogP contribution < -0.4 is 0 Å². The molecule has 0 unspecified atom stereocenters. The topological polar surface area (TPSA) is 75.0 Å². The van der Waals surface area contributed by atoms with E-state index in [0.29, 0.717) is 22.7 Å². The number of rotatable bonds is 6. The Morgan fingerprint density at radius 2 is 2.07 bits per heavy atom. The lowest BCUT2D eigenvalue weighted by atomic mass is 10.2. The van der Waals surface area contributed by atoms with Gasteiger partial charge in [-0.25, -0.2) is 0 Å². The summed E-state index contributed by atoms with van der Waals surface area (Å²) in [6.07, 6.45) is 1.84. The van der Waals surface area contributed by atoms with Crippen molar-refractivity contribution in [3.05, 3.63) is 65.3 Å². The van der Waals surface area contributed by atoms with Gasteiger partial charge < -0.3 is 14.3 Å². The average Bonchev–Trinajstić information content (AvgIpc) is 3.32. The first kappa shape index (κ1) is 18.6. The second-order valence-corrected chi connectivity index (χ2v) is 7.65. The van der Waals surface area contributed by atoms with Crippen LogP contribution in [0.25, 0.3) is 22.4 Å². The van der Waals surface area contributed by atoms with Crippen molar-refractivity contribution >= 4 is 40.2 Å². The summed E-state index contributed by atoms with van der Waals surface area (Å²) in [5.41, 5.74) is 2.83. The summed E-state index contributed by atoms with van der Waals surface area (Å²) in [4.78, 5) is 17.2. The van der Waals surface area contributed by atoms with Gasteiger partial charge in [-0.15, -0.1) is 10.2 Å². The van der Waals surface area contributed by atoms with Crippen LogP contribution in [0.5, 0.6) is 0 Å². The maximum absolute atomic E-state index is 12.4. The molecule has 0 saturated carbocycles. The Hall–Kier alpha value is -2.77. The Morgan fingerprint density at radius 1 is 1.21 bits per heavy atom. The van der Waals surface area contributed by atoms with Crippen LogP contribution in [0, 0.1) is 0 Å². The lowest BCUT2D eigenvalue weighted by Crippen LogP contribution is -2.27. The Labute approximate surface area is 170 Å². The van der Waals surface area contributed by atoms with Crippen LogP contribution in [-0.2, 0) is 11.3 Å². The summed E-state index contributed by atoms with van der Waals surface area (Å²) < 4.78 is 5.73. The van der Waals surface area contributed by atoms with Crippen LogP contribution in [0.3, 0.4) is 0 Å². The number of thioether (sulfide) groups is 1. The van der Waals surface area contributed by atoms with E-state index in [2.05, 4.69) is 15.2 Å². The zero-order valence-electron chi connectivity index (χ0n) is 15.1. The monoisotopic (exact) mass is 412 g/mol. The fourth-order valence-corrected chi connectivity index (χ4v) is 3.77. The van der Waals surface area contributed by atoms with Gasteiger partial charge in [0.2, 0.25) is 5.91 Å². The van der Waals surface area contributed by atoms with Gasteiger partial charge in [-0.1, -0.05) is 53.7 Å². The van der Waals surface area contributed by atoms with Gasteiger partial charge in [-0.05, 0) is 23.8 Å². The van der Waals surface area contributed by atoms with Crippen LogP contribution in [0.1, 0.15) is 5.56 Å². The minimum Gasteiger partial charge on any atom is -0.411 e. The molecule has 1 amide bonds. The maximum Gasteiger partial charge on any atom is 0.277 e. The van der Waals surface area contributed by atoms with Crippen molar-refractivity contribution in [1.29, 1.82) is 0 Å². The van der Waals surface area contributed by atoms with Gasteiger partial charge in [0, 0.05) is 35.7 Å². The van der Waals surface area contributed by atoms with Gasteiger partial charge in [-0.3, -0.25) is 4.79 Å².